The zero-order valence-electron chi connectivity index (χ0n) is 17.5. The fourth-order valence-corrected chi connectivity index (χ4v) is 4.08. The van der Waals surface area contributed by atoms with Crippen LogP contribution < -0.4 is 15.4 Å². The van der Waals surface area contributed by atoms with Crippen LogP contribution in [0, 0.1) is 13.8 Å². The number of nitrogens with one attached hydrogen (secondary N) is 2. The van der Waals surface area contributed by atoms with Gasteiger partial charge in [0.1, 0.15) is 6.10 Å². The van der Waals surface area contributed by atoms with Crippen LogP contribution in [0.15, 0.2) is 48.5 Å². The fourth-order valence-electron chi connectivity index (χ4n) is 4.08. The van der Waals surface area contributed by atoms with Crippen molar-refractivity contribution in [2.24, 2.45) is 0 Å². The Kier molecular flexibility index (Phi) is 6.12. The van der Waals surface area contributed by atoms with Gasteiger partial charge in [-0.1, -0.05) is 42.5 Å². The van der Waals surface area contributed by atoms with Gasteiger partial charge in [0.15, 0.2) is 0 Å². The van der Waals surface area contributed by atoms with E-state index in [1.807, 2.05) is 38.1 Å². The lowest BCUT2D eigenvalue weighted by molar-refractivity contribution is 0.128. The van der Waals surface area contributed by atoms with E-state index < -0.39 is 0 Å². The van der Waals surface area contributed by atoms with Gasteiger partial charge in [-0.2, -0.15) is 0 Å². The van der Waals surface area contributed by atoms with Crippen molar-refractivity contribution in [2.45, 2.75) is 58.2 Å². The highest BCUT2D eigenvalue weighted by Crippen LogP contribution is 2.23. The number of rotatable bonds is 5. The molecule has 1 saturated carbocycles. The molecule has 1 aliphatic rings. The Morgan fingerprint density at radius 2 is 1.70 bits per heavy atom. The summed E-state index contributed by atoms with van der Waals surface area (Å²) >= 11 is 0. The van der Waals surface area contributed by atoms with Gasteiger partial charge in [-0.15, -0.1) is 0 Å². The molecule has 0 bridgehead atoms. The third-order valence-corrected chi connectivity index (χ3v) is 5.56. The number of hydrogen-bond acceptors (Lipinski definition) is 4. The minimum Gasteiger partial charge on any atom is -0.460 e. The number of aryl methyl sites for hydroxylation is 2. The van der Waals surface area contributed by atoms with Crippen molar-refractivity contribution in [3.8, 4) is 6.01 Å². The molecule has 1 aliphatic carbocycles. The summed E-state index contributed by atoms with van der Waals surface area (Å²) in [4.78, 5) is 21.1. The van der Waals surface area contributed by atoms with Gasteiger partial charge in [0, 0.05) is 24.0 Å². The lowest BCUT2D eigenvalue weighted by Crippen LogP contribution is -2.44. The lowest BCUT2D eigenvalue weighted by atomic mass is 9.93. The minimum absolute atomic E-state index is 0.1000. The number of amides is 2. The first-order valence-electron chi connectivity index (χ1n) is 10.6. The van der Waals surface area contributed by atoms with Crippen LogP contribution in [0.1, 0.15) is 42.6 Å². The molecule has 4 rings (SSSR count). The molecule has 2 N–H and O–H groups in total. The van der Waals surface area contributed by atoms with Gasteiger partial charge in [0.2, 0.25) is 0 Å². The monoisotopic (exact) mass is 404 g/mol. The first kappa shape index (κ1) is 20.1. The summed E-state index contributed by atoms with van der Waals surface area (Å²) < 4.78 is 5.97. The van der Waals surface area contributed by atoms with E-state index in [1.165, 1.54) is 10.8 Å². The molecule has 1 aromatic heterocycles. The van der Waals surface area contributed by atoms with Crippen molar-refractivity contribution in [3.05, 3.63) is 65.5 Å². The molecule has 1 heterocycles. The zero-order valence-corrected chi connectivity index (χ0v) is 17.5. The average Bonchev–Trinajstić information content (AvgIpc) is 2.73. The third-order valence-electron chi connectivity index (χ3n) is 5.56. The molecule has 0 radical (unpaired) electrons. The summed E-state index contributed by atoms with van der Waals surface area (Å²) in [5, 5.41) is 8.46. The van der Waals surface area contributed by atoms with E-state index in [-0.39, 0.29) is 18.2 Å². The van der Waals surface area contributed by atoms with Crippen LogP contribution in [-0.2, 0) is 6.54 Å². The number of carbonyl (C=O) groups is 1. The molecule has 6 heteroatoms. The van der Waals surface area contributed by atoms with Crippen molar-refractivity contribution >= 4 is 16.8 Å². The lowest BCUT2D eigenvalue weighted by Gasteiger charge is -2.29. The van der Waals surface area contributed by atoms with Gasteiger partial charge in [0.05, 0.1) is 0 Å². The third kappa shape index (κ3) is 5.06. The predicted octanol–water partition coefficient (Wildman–Crippen LogP) is 4.44. The van der Waals surface area contributed by atoms with Crippen LogP contribution in [0.4, 0.5) is 4.79 Å². The Morgan fingerprint density at radius 1 is 1.00 bits per heavy atom. The van der Waals surface area contributed by atoms with E-state index in [4.69, 9.17) is 4.74 Å². The molecule has 3 aromatic rings. The van der Waals surface area contributed by atoms with Crippen LogP contribution in [0.5, 0.6) is 6.01 Å². The summed E-state index contributed by atoms with van der Waals surface area (Å²) in [7, 11) is 0. The van der Waals surface area contributed by atoms with Gasteiger partial charge in [-0.3, -0.25) is 0 Å². The van der Waals surface area contributed by atoms with E-state index >= 15 is 0 Å². The Balaban J connectivity index is 1.24. The molecule has 0 unspecified atom stereocenters. The number of carbonyl (C=O) groups excluding carboxylic acids is 1. The van der Waals surface area contributed by atoms with Crippen LogP contribution in [-0.4, -0.2) is 28.1 Å². The Labute approximate surface area is 177 Å². The number of ether oxygens (including phenoxy) is 1. The molecule has 0 aliphatic heterocycles. The Bertz CT molecular complexity index is 1000. The number of urea groups is 1. The highest BCUT2D eigenvalue weighted by molar-refractivity contribution is 5.86. The van der Waals surface area contributed by atoms with Gasteiger partial charge < -0.3 is 15.4 Å². The van der Waals surface area contributed by atoms with Crippen LogP contribution in [0.25, 0.3) is 10.8 Å². The molecule has 2 amide bonds. The maximum absolute atomic E-state index is 12.4. The van der Waals surface area contributed by atoms with E-state index in [0.717, 1.165) is 42.6 Å². The van der Waals surface area contributed by atoms with Crippen molar-refractivity contribution in [1.82, 2.24) is 20.6 Å². The van der Waals surface area contributed by atoms with E-state index in [9.17, 15) is 4.79 Å². The first-order chi connectivity index (χ1) is 14.6. The van der Waals surface area contributed by atoms with Crippen molar-refractivity contribution in [3.63, 3.8) is 0 Å². The van der Waals surface area contributed by atoms with Gasteiger partial charge >= 0.3 is 12.0 Å². The first-order valence-corrected chi connectivity index (χ1v) is 10.6. The molecule has 2 aromatic carbocycles. The second-order valence-electron chi connectivity index (χ2n) is 7.99. The topological polar surface area (TPSA) is 76.1 Å². The number of hydrogen-bond donors (Lipinski definition) is 2. The normalized spacial score (nSPS) is 18.7. The smallest absolute Gasteiger partial charge is 0.317 e. The number of aromatic nitrogens is 2. The largest absolute Gasteiger partial charge is 0.460 e. The maximum atomic E-state index is 12.4. The molecular weight excluding hydrogens is 376 g/mol. The van der Waals surface area contributed by atoms with E-state index in [2.05, 4.69) is 44.9 Å². The van der Waals surface area contributed by atoms with E-state index in [0.29, 0.717) is 12.6 Å². The summed E-state index contributed by atoms with van der Waals surface area (Å²) in [5.74, 6) is 0. The van der Waals surface area contributed by atoms with Gasteiger partial charge in [-0.25, -0.2) is 14.8 Å². The molecule has 0 atom stereocenters. The molecular formula is C24H28N4O2. The second-order valence-corrected chi connectivity index (χ2v) is 7.99. The highest BCUT2D eigenvalue weighted by Gasteiger charge is 2.24. The van der Waals surface area contributed by atoms with Crippen molar-refractivity contribution in [1.29, 1.82) is 0 Å². The second kappa shape index (κ2) is 9.11. The summed E-state index contributed by atoms with van der Waals surface area (Å²) in [6.45, 7) is 4.40. The minimum atomic E-state index is -0.120. The predicted molar refractivity (Wildman–Crippen MR) is 117 cm³/mol. The number of nitrogens with zero attached hydrogens (tertiary/aromatic N) is 2. The SMILES string of the molecule is Cc1cc(C)nc(OC2CCC(NC(=O)NCc3cccc4ccccc34)CC2)n1. The molecule has 156 valence electrons. The van der Waals surface area contributed by atoms with Gasteiger partial charge in [0.25, 0.3) is 0 Å². The average molecular weight is 405 g/mol. The molecule has 1 fully saturated rings. The Hall–Kier alpha value is -3.15. The van der Waals surface area contributed by atoms with Crippen LogP contribution in [0.2, 0.25) is 0 Å². The standard InChI is InChI=1S/C24H28N4O2/c1-16-14-17(2)27-24(26-16)30-21-12-10-20(11-13-21)28-23(29)25-15-19-8-5-7-18-6-3-4-9-22(18)19/h3-9,14,20-21H,10-13,15H2,1-2H3,(H2,25,28,29). The van der Waals surface area contributed by atoms with E-state index in [1.54, 1.807) is 0 Å². The summed E-state index contributed by atoms with van der Waals surface area (Å²) in [5.41, 5.74) is 2.94. The van der Waals surface area contributed by atoms with Crippen molar-refractivity contribution in [2.75, 3.05) is 0 Å². The maximum Gasteiger partial charge on any atom is 0.317 e. The number of benzene rings is 2. The van der Waals surface area contributed by atoms with Crippen molar-refractivity contribution < 1.29 is 9.53 Å². The summed E-state index contributed by atoms with van der Waals surface area (Å²) in [6, 6.07) is 16.8. The highest BCUT2D eigenvalue weighted by atomic mass is 16.5. The van der Waals surface area contributed by atoms with Crippen LogP contribution >= 0.6 is 0 Å². The molecule has 30 heavy (non-hydrogen) atoms. The molecule has 0 saturated heterocycles. The van der Waals surface area contributed by atoms with Crippen LogP contribution in [0.3, 0.4) is 0 Å². The molecule has 6 nitrogen and oxygen atoms in total. The van der Waals surface area contributed by atoms with Gasteiger partial charge in [-0.05, 0) is 61.9 Å². The quantitative estimate of drug-likeness (QED) is 0.659. The zero-order chi connectivity index (χ0) is 20.9. The summed E-state index contributed by atoms with van der Waals surface area (Å²) in [6.07, 6.45) is 3.63. The molecule has 0 spiro atoms. The Morgan fingerprint density at radius 3 is 2.47 bits per heavy atom. The number of fused-ring (bicyclic) bond motifs is 1. The fraction of sp³-hybridized carbons (Fsp3) is 0.375.